The standard InChI is InChI=1S/C27H33N3O2/c28-25(31)22-10-5-6-20(16-22)18-29-14-12-27(13-15-29)17-23-9-3-4-11-24(23)30(19-27)26(32)21-7-1-2-8-21/h3-6,9-11,16,21H,1-2,7-8,12-15,17-19H2,(H2,28,31). The summed E-state index contributed by atoms with van der Waals surface area (Å²) < 4.78 is 0. The van der Waals surface area contributed by atoms with E-state index in [1.54, 1.807) is 6.07 Å². The van der Waals surface area contributed by atoms with Crippen LogP contribution in [0.2, 0.25) is 0 Å². The van der Waals surface area contributed by atoms with E-state index in [0.29, 0.717) is 11.5 Å². The second-order valence-corrected chi connectivity index (χ2v) is 10.1. The normalized spacial score (nSPS) is 20.9. The number of nitrogens with zero attached hydrogens (tertiary/aromatic N) is 2. The summed E-state index contributed by atoms with van der Waals surface area (Å²) >= 11 is 0. The Morgan fingerprint density at radius 3 is 2.50 bits per heavy atom. The second-order valence-electron chi connectivity index (χ2n) is 10.1. The zero-order chi connectivity index (χ0) is 22.1. The minimum Gasteiger partial charge on any atom is -0.366 e. The molecule has 1 saturated heterocycles. The first-order chi connectivity index (χ1) is 15.5. The lowest BCUT2D eigenvalue weighted by Gasteiger charge is -2.48. The van der Waals surface area contributed by atoms with Gasteiger partial charge in [0.25, 0.3) is 0 Å². The van der Waals surface area contributed by atoms with Crippen LogP contribution in [-0.4, -0.2) is 36.3 Å². The highest BCUT2D eigenvalue weighted by Gasteiger charge is 2.43. The Morgan fingerprint density at radius 2 is 1.75 bits per heavy atom. The van der Waals surface area contributed by atoms with Crippen LogP contribution in [0.5, 0.6) is 0 Å². The monoisotopic (exact) mass is 431 g/mol. The Hall–Kier alpha value is -2.66. The van der Waals surface area contributed by atoms with Gasteiger partial charge in [-0.15, -0.1) is 0 Å². The van der Waals surface area contributed by atoms with E-state index in [1.807, 2.05) is 12.1 Å². The second kappa shape index (κ2) is 8.70. The molecule has 5 rings (SSSR count). The quantitative estimate of drug-likeness (QED) is 0.791. The van der Waals surface area contributed by atoms with Gasteiger partial charge in [-0.05, 0) is 79.9 Å². The molecule has 32 heavy (non-hydrogen) atoms. The van der Waals surface area contributed by atoms with Crippen molar-refractivity contribution in [2.45, 2.75) is 51.5 Å². The van der Waals surface area contributed by atoms with Gasteiger partial charge in [0.15, 0.2) is 0 Å². The summed E-state index contributed by atoms with van der Waals surface area (Å²) in [6.07, 6.45) is 7.69. The first-order valence-electron chi connectivity index (χ1n) is 12.0. The third-order valence-corrected chi connectivity index (χ3v) is 7.85. The number of piperidine rings is 1. The van der Waals surface area contributed by atoms with Gasteiger partial charge in [-0.25, -0.2) is 0 Å². The Kier molecular flexibility index (Phi) is 5.76. The fourth-order valence-corrected chi connectivity index (χ4v) is 6.00. The van der Waals surface area contributed by atoms with Crippen molar-refractivity contribution >= 4 is 17.5 Å². The number of likely N-dealkylation sites (tertiary alicyclic amines) is 1. The largest absolute Gasteiger partial charge is 0.366 e. The summed E-state index contributed by atoms with van der Waals surface area (Å²) in [5.74, 6) is 0.174. The van der Waals surface area contributed by atoms with E-state index in [2.05, 4.69) is 40.1 Å². The van der Waals surface area contributed by atoms with Gasteiger partial charge in [0.05, 0.1) is 0 Å². The molecule has 2 amide bonds. The van der Waals surface area contributed by atoms with Crippen LogP contribution in [0.15, 0.2) is 48.5 Å². The molecule has 3 aliphatic rings. The predicted octanol–water partition coefficient (Wildman–Crippen LogP) is 4.15. The van der Waals surface area contributed by atoms with E-state index in [4.69, 9.17) is 5.73 Å². The Labute approximate surface area is 190 Å². The smallest absolute Gasteiger partial charge is 0.248 e. The summed E-state index contributed by atoms with van der Waals surface area (Å²) in [6.45, 7) is 3.70. The summed E-state index contributed by atoms with van der Waals surface area (Å²) in [4.78, 5) is 29.6. The number of fused-ring (bicyclic) bond motifs is 1. The minimum atomic E-state index is -0.377. The molecule has 0 aromatic heterocycles. The van der Waals surface area contributed by atoms with E-state index in [-0.39, 0.29) is 17.2 Å². The molecule has 2 N–H and O–H groups in total. The lowest BCUT2D eigenvalue weighted by Crippen LogP contribution is -2.52. The number of nitrogens with two attached hydrogens (primary N) is 1. The maximum Gasteiger partial charge on any atom is 0.248 e. The minimum absolute atomic E-state index is 0.161. The first-order valence-corrected chi connectivity index (χ1v) is 12.0. The zero-order valence-electron chi connectivity index (χ0n) is 18.8. The van der Waals surface area contributed by atoms with Crippen molar-refractivity contribution in [2.24, 2.45) is 17.1 Å². The molecular weight excluding hydrogens is 398 g/mol. The molecule has 2 fully saturated rings. The molecule has 2 heterocycles. The number of anilines is 1. The lowest BCUT2D eigenvalue weighted by molar-refractivity contribution is -0.122. The highest BCUT2D eigenvalue weighted by Crippen LogP contribution is 2.44. The van der Waals surface area contributed by atoms with E-state index < -0.39 is 0 Å². The molecule has 2 aromatic carbocycles. The van der Waals surface area contributed by atoms with Crippen molar-refractivity contribution in [1.29, 1.82) is 0 Å². The van der Waals surface area contributed by atoms with Crippen molar-refractivity contribution in [2.75, 3.05) is 24.5 Å². The number of para-hydroxylation sites is 1. The van der Waals surface area contributed by atoms with Crippen molar-refractivity contribution in [3.05, 3.63) is 65.2 Å². The lowest BCUT2D eigenvalue weighted by atomic mass is 9.70. The van der Waals surface area contributed by atoms with Crippen LogP contribution in [0.25, 0.3) is 0 Å². The number of benzene rings is 2. The van der Waals surface area contributed by atoms with E-state index in [9.17, 15) is 9.59 Å². The molecule has 0 bridgehead atoms. The highest BCUT2D eigenvalue weighted by molar-refractivity contribution is 5.96. The molecule has 1 aliphatic carbocycles. The van der Waals surface area contributed by atoms with Crippen LogP contribution >= 0.6 is 0 Å². The summed E-state index contributed by atoms with van der Waals surface area (Å²) in [7, 11) is 0. The number of amides is 2. The van der Waals surface area contributed by atoms with Crippen LogP contribution in [0.3, 0.4) is 0 Å². The summed E-state index contributed by atoms with van der Waals surface area (Å²) in [5.41, 5.74) is 9.77. The van der Waals surface area contributed by atoms with Gasteiger partial charge < -0.3 is 10.6 Å². The maximum absolute atomic E-state index is 13.5. The topological polar surface area (TPSA) is 66.6 Å². The SMILES string of the molecule is NC(=O)c1cccc(CN2CCC3(CC2)Cc2ccccc2N(C(=O)C2CCCC2)C3)c1. The number of hydrogen-bond acceptors (Lipinski definition) is 3. The molecule has 0 atom stereocenters. The van der Waals surface area contributed by atoms with E-state index in [0.717, 1.165) is 69.5 Å². The Balaban J connectivity index is 1.30. The molecule has 5 heteroatoms. The van der Waals surface area contributed by atoms with Gasteiger partial charge in [-0.3, -0.25) is 14.5 Å². The van der Waals surface area contributed by atoms with Crippen LogP contribution in [0.1, 0.15) is 60.0 Å². The molecule has 1 saturated carbocycles. The van der Waals surface area contributed by atoms with Gasteiger partial charge in [0.2, 0.25) is 11.8 Å². The molecule has 168 valence electrons. The average molecular weight is 432 g/mol. The molecule has 0 radical (unpaired) electrons. The summed E-state index contributed by atoms with van der Waals surface area (Å²) in [5, 5.41) is 0. The van der Waals surface area contributed by atoms with Crippen molar-refractivity contribution < 1.29 is 9.59 Å². The number of carbonyl (C=O) groups is 2. The number of primary amides is 1. The van der Waals surface area contributed by atoms with E-state index >= 15 is 0 Å². The van der Waals surface area contributed by atoms with Gasteiger partial charge in [-0.1, -0.05) is 43.2 Å². The molecule has 0 unspecified atom stereocenters. The first kappa shape index (κ1) is 21.2. The number of carbonyl (C=O) groups excluding carboxylic acids is 2. The van der Waals surface area contributed by atoms with Gasteiger partial charge >= 0.3 is 0 Å². The average Bonchev–Trinajstić information content (AvgIpc) is 3.35. The molecule has 1 spiro atoms. The van der Waals surface area contributed by atoms with Crippen LogP contribution in [0.4, 0.5) is 5.69 Å². The predicted molar refractivity (Wildman–Crippen MR) is 126 cm³/mol. The van der Waals surface area contributed by atoms with Crippen LogP contribution in [0, 0.1) is 11.3 Å². The van der Waals surface area contributed by atoms with Crippen LogP contribution < -0.4 is 10.6 Å². The maximum atomic E-state index is 13.5. The molecule has 5 nitrogen and oxygen atoms in total. The van der Waals surface area contributed by atoms with E-state index in [1.165, 1.54) is 18.4 Å². The van der Waals surface area contributed by atoms with Gasteiger partial charge in [0, 0.05) is 30.3 Å². The fourth-order valence-electron chi connectivity index (χ4n) is 6.00. The summed E-state index contributed by atoms with van der Waals surface area (Å²) in [6, 6.07) is 16.2. The van der Waals surface area contributed by atoms with Crippen molar-refractivity contribution in [3.8, 4) is 0 Å². The number of rotatable bonds is 4. The van der Waals surface area contributed by atoms with Gasteiger partial charge in [-0.2, -0.15) is 0 Å². The third-order valence-electron chi connectivity index (χ3n) is 7.85. The molecular formula is C27H33N3O2. The Bertz CT molecular complexity index is 1000. The Morgan fingerprint density at radius 1 is 1.00 bits per heavy atom. The zero-order valence-corrected chi connectivity index (χ0v) is 18.8. The number of hydrogen-bond donors (Lipinski definition) is 1. The fraction of sp³-hybridized carbons (Fsp3) is 0.481. The molecule has 2 aromatic rings. The van der Waals surface area contributed by atoms with Crippen molar-refractivity contribution in [1.82, 2.24) is 4.90 Å². The highest BCUT2D eigenvalue weighted by atomic mass is 16.2. The van der Waals surface area contributed by atoms with Crippen molar-refractivity contribution in [3.63, 3.8) is 0 Å². The van der Waals surface area contributed by atoms with Crippen LogP contribution in [-0.2, 0) is 17.8 Å². The third kappa shape index (κ3) is 4.18. The van der Waals surface area contributed by atoms with Gasteiger partial charge in [0.1, 0.15) is 0 Å². The molecule has 2 aliphatic heterocycles.